The molecule has 1 aromatic carbocycles. The van der Waals surface area contributed by atoms with Crippen LogP contribution in [-0.4, -0.2) is 4.98 Å². The molecule has 1 heterocycles. The highest BCUT2D eigenvalue weighted by atomic mass is 35.5. The molecule has 2 rings (SSSR count). The summed E-state index contributed by atoms with van der Waals surface area (Å²) in [5.74, 6) is 0.234. The maximum atomic E-state index is 6.25. The fourth-order valence-electron chi connectivity index (χ4n) is 1.97. The van der Waals surface area contributed by atoms with E-state index >= 15 is 0 Å². The Morgan fingerprint density at radius 3 is 2.65 bits per heavy atom. The van der Waals surface area contributed by atoms with E-state index in [2.05, 4.69) is 24.9 Å². The van der Waals surface area contributed by atoms with Gasteiger partial charge >= 0.3 is 0 Å². The van der Waals surface area contributed by atoms with E-state index in [-0.39, 0.29) is 5.92 Å². The topological polar surface area (TPSA) is 38.9 Å². The molecule has 0 aliphatic rings. The standard InChI is InChI=1S/C13H15ClN2S/c1-7-4-5-11(14)10(6-7)8(2)12-9(3)16-13(15)17-12/h4-6,8H,1-3H3,(H2,15,16). The molecule has 0 aliphatic carbocycles. The van der Waals surface area contributed by atoms with Gasteiger partial charge < -0.3 is 5.73 Å². The van der Waals surface area contributed by atoms with E-state index in [9.17, 15) is 0 Å². The summed E-state index contributed by atoms with van der Waals surface area (Å²) in [5, 5.41) is 1.42. The molecule has 0 saturated heterocycles. The normalized spacial score (nSPS) is 12.7. The van der Waals surface area contributed by atoms with Crippen LogP contribution in [0.25, 0.3) is 0 Å². The first kappa shape index (κ1) is 12.4. The first-order valence-corrected chi connectivity index (χ1v) is 6.67. The van der Waals surface area contributed by atoms with Gasteiger partial charge in [-0.05, 0) is 25.5 Å². The fourth-order valence-corrected chi connectivity index (χ4v) is 3.15. The van der Waals surface area contributed by atoms with Crippen LogP contribution in [0.1, 0.15) is 34.5 Å². The molecule has 0 aliphatic heterocycles. The molecule has 2 aromatic rings. The van der Waals surface area contributed by atoms with Crippen LogP contribution in [0.2, 0.25) is 5.02 Å². The Morgan fingerprint density at radius 1 is 1.35 bits per heavy atom. The Kier molecular flexibility index (Phi) is 3.40. The number of anilines is 1. The van der Waals surface area contributed by atoms with Crippen molar-refractivity contribution in [1.82, 2.24) is 4.98 Å². The van der Waals surface area contributed by atoms with Crippen LogP contribution in [0.4, 0.5) is 5.13 Å². The number of aryl methyl sites for hydroxylation is 2. The average molecular weight is 267 g/mol. The van der Waals surface area contributed by atoms with Crippen LogP contribution in [0.5, 0.6) is 0 Å². The molecule has 90 valence electrons. The minimum absolute atomic E-state index is 0.234. The van der Waals surface area contributed by atoms with E-state index in [1.165, 1.54) is 21.8 Å². The molecule has 1 aromatic heterocycles. The average Bonchev–Trinajstić information content (AvgIpc) is 2.60. The highest BCUT2D eigenvalue weighted by Gasteiger charge is 2.17. The quantitative estimate of drug-likeness (QED) is 0.887. The van der Waals surface area contributed by atoms with Crippen molar-refractivity contribution in [3.63, 3.8) is 0 Å². The van der Waals surface area contributed by atoms with Gasteiger partial charge in [-0.15, -0.1) is 11.3 Å². The maximum absolute atomic E-state index is 6.25. The summed E-state index contributed by atoms with van der Waals surface area (Å²) >= 11 is 7.79. The second-order valence-corrected chi connectivity index (χ2v) is 5.72. The van der Waals surface area contributed by atoms with Crippen molar-refractivity contribution in [2.45, 2.75) is 26.7 Å². The molecule has 0 saturated carbocycles. The summed E-state index contributed by atoms with van der Waals surface area (Å²) < 4.78 is 0. The van der Waals surface area contributed by atoms with Crippen molar-refractivity contribution in [3.8, 4) is 0 Å². The zero-order valence-electron chi connectivity index (χ0n) is 10.1. The summed E-state index contributed by atoms with van der Waals surface area (Å²) in [6.45, 7) is 6.20. The molecule has 1 atom stereocenters. The van der Waals surface area contributed by atoms with Gasteiger partial charge in [0.05, 0.1) is 5.69 Å². The highest BCUT2D eigenvalue weighted by molar-refractivity contribution is 7.15. The molecule has 1 unspecified atom stereocenters. The second-order valence-electron chi connectivity index (χ2n) is 4.25. The van der Waals surface area contributed by atoms with Crippen molar-refractivity contribution >= 4 is 28.1 Å². The lowest BCUT2D eigenvalue weighted by Crippen LogP contribution is -1.97. The zero-order valence-corrected chi connectivity index (χ0v) is 11.7. The van der Waals surface area contributed by atoms with Gasteiger partial charge in [0.15, 0.2) is 5.13 Å². The van der Waals surface area contributed by atoms with Gasteiger partial charge in [-0.3, -0.25) is 0 Å². The first-order valence-electron chi connectivity index (χ1n) is 5.48. The Morgan fingerprint density at radius 2 is 2.06 bits per heavy atom. The van der Waals surface area contributed by atoms with Gasteiger partial charge in [-0.25, -0.2) is 4.98 Å². The molecule has 0 radical (unpaired) electrons. The van der Waals surface area contributed by atoms with Gasteiger partial charge in [-0.1, -0.05) is 36.2 Å². The molecule has 2 nitrogen and oxygen atoms in total. The molecule has 0 spiro atoms. The van der Waals surface area contributed by atoms with Gasteiger partial charge in [-0.2, -0.15) is 0 Å². The van der Waals surface area contributed by atoms with Crippen LogP contribution >= 0.6 is 22.9 Å². The van der Waals surface area contributed by atoms with E-state index in [1.807, 2.05) is 19.1 Å². The number of benzene rings is 1. The third-order valence-corrected chi connectivity index (χ3v) is 4.37. The summed E-state index contributed by atoms with van der Waals surface area (Å²) in [4.78, 5) is 5.45. The first-order chi connectivity index (χ1) is 7.99. The smallest absolute Gasteiger partial charge is 0.180 e. The van der Waals surface area contributed by atoms with E-state index in [0.29, 0.717) is 5.13 Å². The van der Waals surface area contributed by atoms with Crippen molar-refractivity contribution < 1.29 is 0 Å². The van der Waals surface area contributed by atoms with Gasteiger partial charge in [0.2, 0.25) is 0 Å². The second kappa shape index (κ2) is 4.67. The van der Waals surface area contributed by atoms with Gasteiger partial charge in [0.25, 0.3) is 0 Å². The number of thiazole rings is 1. The number of nitrogens with zero attached hydrogens (tertiary/aromatic N) is 1. The molecule has 17 heavy (non-hydrogen) atoms. The van der Waals surface area contributed by atoms with Crippen LogP contribution in [0.15, 0.2) is 18.2 Å². The van der Waals surface area contributed by atoms with Crippen molar-refractivity contribution in [3.05, 3.63) is 44.9 Å². The molecule has 2 N–H and O–H groups in total. The SMILES string of the molecule is Cc1ccc(Cl)c(C(C)c2sc(N)nc2C)c1. The van der Waals surface area contributed by atoms with E-state index < -0.39 is 0 Å². The van der Waals surface area contributed by atoms with E-state index in [4.69, 9.17) is 17.3 Å². The Balaban J connectivity index is 2.46. The summed E-state index contributed by atoms with van der Waals surface area (Å²) in [7, 11) is 0. The predicted molar refractivity (Wildman–Crippen MR) is 75.0 cm³/mol. The van der Waals surface area contributed by atoms with Crippen LogP contribution in [0, 0.1) is 13.8 Å². The maximum Gasteiger partial charge on any atom is 0.180 e. The van der Waals surface area contributed by atoms with Gasteiger partial charge in [0.1, 0.15) is 0 Å². The molecule has 4 heteroatoms. The third-order valence-electron chi connectivity index (χ3n) is 2.86. The number of aromatic nitrogens is 1. The molecule has 0 bridgehead atoms. The molecular weight excluding hydrogens is 252 g/mol. The van der Waals surface area contributed by atoms with Crippen LogP contribution < -0.4 is 5.73 Å². The van der Waals surface area contributed by atoms with Crippen molar-refractivity contribution in [2.24, 2.45) is 0 Å². The number of hydrogen-bond donors (Lipinski definition) is 1. The van der Waals surface area contributed by atoms with Crippen LogP contribution in [0.3, 0.4) is 0 Å². The number of hydrogen-bond acceptors (Lipinski definition) is 3. The lowest BCUT2D eigenvalue weighted by atomic mass is 9.97. The zero-order chi connectivity index (χ0) is 12.6. The lowest BCUT2D eigenvalue weighted by Gasteiger charge is -2.13. The third kappa shape index (κ3) is 2.45. The summed E-state index contributed by atoms with van der Waals surface area (Å²) in [6, 6.07) is 6.09. The minimum atomic E-state index is 0.234. The van der Waals surface area contributed by atoms with E-state index in [1.54, 1.807) is 0 Å². The van der Waals surface area contributed by atoms with Crippen molar-refractivity contribution in [1.29, 1.82) is 0 Å². The monoisotopic (exact) mass is 266 g/mol. The molecule has 0 fully saturated rings. The number of halogens is 1. The summed E-state index contributed by atoms with van der Waals surface area (Å²) in [5.41, 5.74) is 9.09. The molecule has 0 amide bonds. The fraction of sp³-hybridized carbons (Fsp3) is 0.308. The number of nitrogen functional groups attached to an aromatic ring is 1. The number of nitrogens with two attached hydrogens (primary N) is 1. The predicted octanol–water partition coefficient (Wildman–Crippen LogP) is 4.15. The Labute approximate surface area is 110 Å². The van der Waals surface area contributed by atoms with E-state index in [0.717, 1.165) is 16.3 Å². The van der Waals surface area contributed by atoms with Gasteiger partial charge in [0, 0.05) is 15.8 Å². The Bertz CT molecular complexity index is 548. The van der Waals surface area contributed by atoms with Crippen LogP contribution in [-0.2, 0) is 0 Å². The minimum Gasteiger partial charge on any atom is -0.375 e. The Hall–Kier alpha value is -1.06. The molecular formula is C13H15ClN2S. The lowest BCUT2D eigenvalue weighted by molar-refractivity contribution is 0.925. The number of rotatable bonds is 2. The van der Waals surface area contributed by atoms with Crippen molar-refractivity contribution in [2.75, 3.05) is 5.73 Å². The largest absolute Gasteiger partial charge is 0.375 e. The summed E-state index contributed by atoms with van der Waals surface area (Å²) in [6.07, 6.45) is 0. The highest BCUT2D eigenvalue weighted by Crippen LogP contribution is 2.36.